The number of amides is 1. The lowest BCUT2D eigenvalue weighted by Crippen LogP contribution is -2.52. The summed E-state index contributed by atoms with van der Waals surface area (Å²) in [5, 5.41) is 4.28. The molecule has 2 aliphatic rings. The van der Waals surface area contributed by atoms with Gasteiger partial charge in [-0.3, -0.25) is 4.79 Å². The van der Waals surface area contributed by atoms with Gasteiger partial charge in [-0.1, -0.05) is 6.42 Å². The molecule has 0 radical (unpaired) electrons. The summed E-state index contributed by atoms with van der Waals surface area (Å²) < 4.78 is 7.48. The average Bonchev–Trinajstić information content (AvgIpc) is 3.51. The number of nitrogens with zero attached hydrogens (tertiary/aromatic N) is 3. The molecule has 2 aromatic rings. The largest absolute Gasteiger partial charge is 0.385 e. The monoisotopic (exact) mass is 443 g/mol. The first-order valence-corrected chi connectivity index (χ1v) is 12.9. The summed E-state index contributed by atoms with van der Waals surface area (Å²) in [7, 11) is 1.74. The molecule has 0 aromatic carbocycles. The van der Waals surface area contributed by atoms with E-state index in [2.05, 4.69) is 43.6 Å². The van der Waals surface area contributed by atoms with Gasteiger partial charge >= 0.3 is 0 Å². The Hall–Kier alpha value is -1.63. The standard InChI is InChI=1S/C25H37N3O2S/c1-30-16-7-15-28(19-21-8-6-14-26-11-3-2-9-23(21)26)25(29)18-24(22-10-17-31-20-22)27-12-4-5-13-27/h4-5,10,12-13,17,20-21,23-24H,2-3,6-9,11,14-16,18-19H2,1H3/t21-,23+,24?/m0/s1. The molecule has 0 saturated carbocycles. The van der Waals surface area contributed by atoms with E-state index >= 15 is 0 Å². The number of piperidine rings is 2. The molecule has 4 heterocycles. The van der Waals surface area contributed by atoms with Gasteiger partial charge in [-0.2, -0.15) is 11.3 Å². The maximum atomic E-state index is 13.6. The number of carbonyl (C=O) groups excluding carboxylic acids is 1. The molecule has 0 N–H and O–H groups in total. The Bertz CT molecular complexity index is 741. The molecule has 4 rings (SSSR count). The van der Waals surface area contributed by atoms with Crippen LogP contribution in [0.3, 0.4) is 0 Å². The quantitative estimate of drug-likeness (QED) is 0.501. The Morgan fingerprint density at radius 3 is 2.84 bits per heavy atom. The molecule has 2 aliphatic heterocycles. The van der Waals surface area contributed by atoms with Gasteiger partial charge in [-0.05, 0) is 85.6 Å². The van der Waals surface area contributed by atoms with E-state index in [1.54, 1.807) is 18.4 Å². The Labute approximate surface area is 191 Å². The number of ether oxygens (including phenoxy) is 1. The molecule has 1 amide bonds. The SMILES string of the molecule is COCCCN(C[C@@H]1CCCN2CCCC[C@H]12)C(=O)CC(c1ccsc1)n1cccc1. The predicted molar refractivity (Wildman–Crippen MR) is 127 cm³/mol. The molecule has 2 saturated heterocycles. The predicted octanol–water partition coefficient (Wildman–Crippen LogP) is 4.66. The van der Waals surface area contributed by atoms with Gasteiger partial charge in [0, 0.05) is 45.2 Å². The van der Waals surface area contributed by atoms with Crippen molar-refractivity contribution >= 4 is 17.2 Å². The topological polar surface area (TPSA) is 37.7 Å². The summed E-state index contributed by atoms with van der Waals surface area (Å²) in [5.74, 6) is 0.876. The molecular formula is C25H37N3O2S. The normalized spacial score (nSPS) is 22.7. The first-order chi connectivity index (χ1) is 15.3. The second kappa shape index (κ2) is 11.3. The van der Waals surface area contributed by atoms with Crippen molar-refractivity contribution in [1.29, 1.82) is 0 Å². The molecule has 2 aromatic heterocycles. The van der Waals surface area contributed by atoms with E-state index in [0.29, 0.717) is 25.0 Å². The summed E-state index contributed by atoms with van der Waals surface area (Å²) in [4.78, 5) is 18.5. The highest BCUT2D eigenvalue weighted by atomic mass is 32.1. The van der Waals surface area contributed by atoms with Gasteiger partial charge in [-0.25, -0.2) is 0 Å². The van der Waals surface area contributed by atoms with E-state index < -0.39 is 0 Å². The lowest BCUT2D eigenvalue weighted by Gasteiger charge is -2.45. The van der Waals surface area contributed by atoms with Gasteiger partial charge in [0.1, 0.15) is 0 Å². The second-order valence-corrected chi connectivity index (χ2v) is 9.87. The Morgan fingerprint density at radius 1 is 1.23 bits per heavy atom. The number of thiophene rings is 1. The molecule has 2 fully saturated rings. The first kappa shape index (κ1) is 22.6. The van der Waals surface area contributed by atoms with Crippen LogP contribution in [0.4, 0.5) is 0 Å². The van der Waals surface area contributed by atoms with Crippen molar-refractivity contribution < 1.29 is 9.53 Å². The Kier molecular flexibility index (Phi) is 8.22. The highest BCUT2D eigenvalue weighted by molar-refractivity contribution is 7.08. The third kappa shape index (κ3) is 5.79. The average molecular weight is 444 g/mol. The second-order valence-electron chi connectivity index (χ2n) is 9.09. The molecule has 3 atom stereocenters. The van der Waals surface area contributed by atoms with Crippen molar-refractivity contribution in [1.82, 2.24) is 14.4 Å². The third-order valence-electron chi connectivity index (χ3n) is 7.10. The molecule has 5 nitrogen and oxygen atoms in total. The lowest BCUT2D eigenvalue weighted by atomic mass is 9.83. The van der Waals surface area contributed by atoms with Crippen LogP contribution in [-0.2, 0) is 9.53 Å². The minimum Gasteiger partial charge on any atom is -0.385 e. The van der Waals surface area contributed by atoms with Crippen LogP contribution in [0.5, 0.6) is 0 Å². The summed E-state index contributed by atoms with van der Waals surface area (Å²) in [6, 6.07) is 6.96. The minimum atomic E-state index is 0.0659. The van der Waals surface area contributed by atoms with Crippen molar-refractivity contribution in [2.75, 3.05) is 39.9 Å². The Balaban J connectivity index is 1.47. The molecular weight excluding hydrogens is 406 g/mol. The molecule has 1 unspecified atom stereocenters. The van der Waals surface area contributed by atoms with Crippen LogP contribution >= 0.6 is 11.3 Å². The first-order valence-electron chi connectivity index (χ1n) is 11.9. The van der Waals surface area contributed by atoms with Gasteiger partial charge < -0.3 is 19.1 Å². The fourth-order valence-electron chi connectivity index (χ4n) is 5.50. The highest BCUT2D eigenvalue weighted by Gasteiger charge is 2.35. The number of hydrogen-bond donors (Lipinski definition) is 0. The molecule has 170 valence electrons. The zero-order chi connectivity index (χ0) is 21.5. The van der Waals surface area contributed by atoms with E-state index in [0.717, 1.165) is 19.5 Å². The fraction of sp³-hybridized carbons (Fsp3) is 0.640. The lowest BCUT2D eigenvalue weighted by molar-refractivity contribution is -0.133. The third-order valence-corrected chi connectivity index (χ3v) is 7.80. The van der Waals surface area contributed by atoms with Crippen molar-refractivity contribution in [2.24, 2.45) is 5.92 Å². The van der Waals surface area contributed by atoms with Crippen LogP contribution in [0.2, 0.25) is 0 Å². The van der Waals surface area contributed by atoms with Crippen molar-refractivity contribution in [3.05, 3.63) is 46.9 Å². The highest BCUT2D eigenvalue weighted by Crippen LogP contribution is 2.32. The number of hydrogen-bond acceptors (Lipinski definition) is 4. The van der Waals surface area contributed by atoms with Gasteiger partial charge in [0.2, 0.25) is 5.91 Å². The number of fused-ring (bicyclic) bond motifs is 1. The van der Waals surface area contributed by atoms with Crippen LogP contribution in [0.1, 0.15) is 56.6 Å². The minimum absolute atomic E-state index is 0.0659. The number of aromatic nitrogens is 1. The smallest absolute Gasteiger partial charge is 0.225 e. The summed E-state index contributed by atoms with van der Waals surface area (Å²) in [6.07, 6.45) is 12.0. The maximum absolute atomic E-state index is 13.6. The summed E-state index contributed by atoms with van der Waals surface area (Å²) >= 11 is 1.70. The fourth-order valence-corrected chi connectivity index (χ4v) is 6.21. The van der Waals surface area contributed by atoms with Crippen molar-refractivity contribution in [3.8, 4) is 0 Å². The Morgan fingerprint density at radius 2 is 2.06 bits per heavy atom. The van der Waals surface area contributed by atoms with E-state index in [1.807, 2.05) is 12.1 Å². The van der Waals surface area contributed by atoms with Gasteiger partial charge in [0.15, 0.2) is 0 Å². The van der Waals surface area contributed by atoms with Gasteiger partial charge in [-0.15, -0.1) is 0 Å². The summed E-state index contributed by atoms with van der Waals surface area (Å²) in [6.45, 7) is 4.87. The van der Waals surface area contributed by atoms with Crippen LogP contribution < -0.4 is 0 Å². The van der Waals surface area contributed by atoms with E-state index in [4.69, 9.17) is 4.74 Å². The molecule has 0 bridgehead atoms. The van der Waals surface area contributed by atoms with Crippen LogP contribution in [0.25, 0.3) is 0 Å². The van der Waals surface area contributed by atoms with Crippen molar-refractivity contribution in [3.63, 3.8) is 0 Å². The summed E-state index contributed by atoms with van der Waals surface area (Å²) in [5.41, 5.74) is 1.22. The molecule has 6 heteroatoms. The van der Waals surface area contributed by atoms with Crippen LogP contribution in [0.15, 0.2) is 41.4 Å². The van der Waals surface area contributed by atoms with E-state index in [-0.39, 0.29) is 11.9 Å². The number of methoxy groups -OCH3 is 1. The van der Waals surface area contributed by atoms with Crippen LogP contribution in [-0.4, -0.2) is 66.2 Å². The molecule has 0 aliphatic carbocycles. The number of carbonyl (C=O) groups is 1. The van der Waals surface area contributed by atoms with Gasteiger partial charge in [0.05, 0.1) is 12.5 Å². The number of rotatable bonds is 10. The zero-order valence-corrected chi connectivity index (χ0v) is 19.6. The van der Waals surface area contributed by atoms with E-state index in [9.17, 15) is 4.79 Å². The van der Waals surface area contributed by atoms with Gasteiger partial charge in [0.25, 0.3) is 0 Å². The zero-order valence-electron chi connectivity index (χ0n) is 18.8. The molecule has 31 heavy (non-hydrogen) atoms. The van der Waals surface area contributed by atoms with E-state index in [1.165, 1.54) is 50.8 Å². The molecule has 0 spiro atoms. The maximum Gasteiger partial charge on any atom is 0.225 e. The van der Waals surface area contributed by atoms with Crippen molar-refractivity contribution in [2.45, 2.75) is 57.0 Å². The van der Waals surface area contributed by atoms with Crippen LogP contribution in [0, 0.1) is 5.92 Å².